The number of aryl methyl sites for hydroxylation is 1. The first-order valence-electron chi connectivity index (χ1n) is 9.57. The van der Waals surface area contributed by atoms with Crippen molar-refractivity contribution in [2.75, 3.05) is 31.2 Å². The summed E-state index contributed by atoms with van der Waals surface area (Å²) in [5.41, 5.74) is 8.41. The second-order valence-electron chi connectivity index (χ2n) is 7.23. The molecule has 4 rings (SSSR count). The molecule has 3 N–H and O–H groups in total. The molecule has 1 saturated heterocycles. The van der Waals surface area contributed by atoms with Crippen molar-refractivity contribution >= 4 is 17.6 Å². The van der Waals surface area contributed by atoms with E-state index < -0.39 is 0 Å². The Morgan fingerprint density at radius 1 is 1.12 bits per heavy atom. The molecule has 1 unspecified atom stereocenters. The molecule has 1 aromatic carbocycles. The Bertz CT molecular complexity index is 674. The maximum atomic E-state index is 6.10. The van der Waals surface area contributed by atoms with Crippen LogP contribution in [0.15, 0.2) is 34.3 Å². The fourth-order valence-corrected chi connectivity index (χ4v) is 3.84. The van der Waals surface area contributed by atoms with Gasteiger partial charge in [0.25, 0.3) is 0 Å². The first-order valence-corrected chi connectivity index (χ1v) is 9.57. The number of hydrogen-bond donors (Lipinski definition) is 2. The fourth-order valence-electron chi connectivity index (χ4n) is 3.84. The van der Waals surface area contributed by atoms with E-state index in [-0.39, 0.29) is 6.29 Å². The Morgan fingerprint density at radius 3 is 2.50 bits per heavy atom. The number of anilines is 1. The molecule has 2 fully saturated rings. The standard InChI is InChI=1S/C19H28N6O/c1-14-6-8-16(9-7-14)25-18(21-15-4-2-3-5-15)22-17(20)23-19(25)24-10-12-26-13-11-24/h6-9,15,18,21H,2-5,10-13H2,1H3,(H2,20,22). The van der Waals surface area contributed by atoms with Crippen LogP contribution in [0.2, 0.25) is 0 Å². The van der Waals surface area contributed by atoms with Crippen LogP contribution in [0.5, 0.6) is 0 Å². The Hall–Kier alpha value is -2.12. The minimum atomic E-state index is -0.226. The Balaban J connectivity index is 1.66. The first-order chi connectivity index (χ1) is 12.7. The summed E-state index contributed by atoms with van der Waals surface area (Å²) in [6, 6.07) is 8.99. The van der Waals surface area contributed by atoms with E-state index in [1.54, 1.807) is 0 Å². The molecule has 7 nitrogen and oxygen atoms in total. The van der Waals surface area contributed by atoms with Gasteiger partial charge in [-0.25, -0.2) is 4.99 Å². The smallest absolute Gasteiger partial charge is 0.221 e. The normalized spacial score (nSPS) is 24.6. The van der Waals surface area contributed by atoms with Crippen LogP contribution < -0.4 is 16.0 Å². The summed E-state index contributed by atoms with van der Waals surface area (Å²) in [4.78, 5) is 13.7. The van der Waals surface area contributed by atoms with Gasteiger partial charge in [-0.3, -0.25) is 10.2 Å². The van der Waals surface area contributed by atoms with Crippen LogP contribution in [0.3, 0.4) is 0 Å². The van der Waals surface area contributed by atoms with Gasteiger partial charge in [-0.15, -0.1) is 0 Å². The van der Waals surface area contributed by atoms with Gasteiger partial charge in [-0.05, 0) is 31.9 Å². The van der Waals surface area contributed by atoms with Crippen molar-refractivity contribution < 1.29 is 4.74 Å². The molecule has 3 aliphatic rings. The molecule has 0 radical (unpaired) electrons. The van der Waals surface area contributed by atoms with Gasteiger partial charge in [0.2, 0.25) is 11.9 Å². The van der Waals surface area contributed by atoms with Crippen LogP contribution >= 0.6 is 0 Å². The lowest BCUT2D eigenvalue weighted by Gasteiger charge is -2.41. The van der Waals surface area contributed by atoms with Crippen LogP contribution in [0.1, 0.15) is 31.2 Å². The highest BCUT2D eigenvalue weighted by molar-refractivity contribution is 6.05. The molecule has 2 aliphatic heterocycles. The average molecular weight is 356 g/mol. The first kappa shape index (κ1) is 17.3. The molecule has 0 aromatic heterocycles. The molecule has 2 heterocycles. The van der Waals surface area contributed by atoms with Gasteiger partial charge in [0, 0.05) is 24.8 Å². The predicted molar refractivity (Wildman–Crippen MR) is 104 cm³/mol. The third kappa shape index (κ3) is 3.68. The second-order valence-corrected chi connectivity index (χ2v) is 7.23. The Morgan fingerprint density at radius 2 is 1.81 bits per heavy atom. The third-order valence-electron chi connectivity index (χ3n) is 5.28. The predicted octanol–water partition coefficient (Wildman–Crippen LogP) is 1.63. The maximum absolute atomic E-state index is 6.10. The van der Waals surface area contributed by atoms with Crippen LogP contribution in [0, 0.1) is 6.92 Å². The molecule has 1 aromatic rings. The largest absolute Gasteiger partial charge is 0.378 e. The molecule has 0 bridgehead atoms. The van der Waals surface area contributed by atoms with Crippen molar-refractivity contribution in [3.63, 3.8) is 0 Å². The molecule has 0 spiro atoms. The zero-order valence-electron chi connectivity index (χ0n) is 15.4. The van der Waals surface area contributed by atoms with E-state index in [4.69, 9.17) is 10.5 Å². The Labute approximate surface area is 154 Å². The number of morpholine rings is 1. The number of nitrogens with one attached hydrogen (secondary N) is 1. The van der Waals surface area contributed by atoms with Crippen molar-refractivity contribution in [2.45, 2.75) is 44.9 Å². The summed E-state index contributed by atoms with van der Waals surface area (Å²) in [6.07, 6.45) is 4.71. The van der Waals surface area contributed by atoms with E-state index in [0.29, 0.717) is 25.2 Å². The zero-order valence-corrected chi connectivity index (χ0v) is 15.4. The molecule has 1 saturated carbocycles. The topological polar surface area (TPSA) is 78.5 Å². The zero-order chi connectivity index (χ0) is 17.9. The van der Waals surface area contributed by atoms with E-state index in [1.165, 1.54) is 31.2 Å². The van der Waals surface area contributed by atoms with Gasteiger partial charge in [-0.2, -0.15) is 4.99 Å². The van der Waals surface area contributed by atoms with Gasteiger partial charge in [0.15, 0.2) is 6.29 Å². The summed E-state index contributed by atoms with van der Waals surface area (Å²) >= 11 is 0. The summed E-state index contributed by atoms with van der Waals surface area (Å²) in [7, 11) is 0. The number of guanidine groups is 2. The van der Waals surface area contributed by atoms with Crippen LogP contribution in [-0.4, -0.2) is 55.5 Å². The Kier molecular flexibility index (Phi) is 5.08. The highest BCUT2D eigenvalue weighted by Crippen LogP contribution is 2.25. The molecule has 140 valence electrons. The maximum Gasteiger partial charge on any atom is 0.221 e. The SMILES string of the molecule is Cc1ccc(N2C(N3CCOCC3)=NC(N)=NC2NC2CCCC2)cc1. The van der Waals surface area contributed by atoms with Gasteiger partial charge >= 0.3 is 0 Å². The van der Waals surface area contributed by atoms with Gasteiger partial charge < -0.3 is 15.4 Å². The minimum absolute atomic E-state index is 0.226. The molecular formula is C19H28N6O. The van der Waals surface area contributed by atoms with E-state index in [9.17, 15) is 0 Å². The lowest BCUT2D eigenvalue weighted by Crippen LogP contribution is -2.60. The molecular weight excluding hydrogens is 328 g/mol. The van der Waals surface area contributed by atoms with Crippen LogP contribution in [0.4, 0.5) is 5.69 Å². The van der Waals surface area contributed by atoms with Crippen LogP contribution in [-0.2, 0) is 4.74 Å². The van der Waals surface area contributed by atoms with Gasteiger partial charge in [0.05, 0.1) is 13.2 Å². The molecule has 0 amide bonds. The number of aliphatic imine (C=N–C) groups is 2. The molecule has 26 heavy (non-hydrogen) atoms. The number of nitrogens with zero attached hydrogens (tertiary/aromatic N) is 4. The number of nitrogens with two attached hydrogens (primary N) is 1. The van der Waals surface area contributed by atoms with Crippen LogP contribution in [0.25, 0.3) is 0 Å². The number of rotatable bonds is 3. The van der Waals surface area contributed by atoms with E-state index in [0.717, 1.165) is 24.7 Å². The van der Waals surface area contributed by atoms with E-state index in [1.807, 2.05) is 0 Å². The van der Waals surface area contributed by atoms with Gasteiger partial charge in [-0.1, -0.05) is 30.5 Å². The summed E-state index contributed by atoms with van der Waals surface area (Å²) in [5, 5.41) is 3.70. The highest BCUT2D eigenvalue weighted by Gasteiger charge is 2.33. The fraction of sp³-hybridized carbons (Fsp3) is 0.579. The number of hydrogen-bond acceptors (Lipinski definition) is 7. The van der Waals surface area contributed by atoms with E-state index in [2.05, 4.69) is 56.3 Å². The van der Waals surface area contributed by atoms with E-state index >= 15 is 0 Å². The quantitative estimate of drug-likeness (QED) is 0.861. The third-order valence-corrected chi connectivity index (χ3v) is 5.28. The van der Waals surface area contributed by atoms with Crippen molar-refractivity contribution in [1.82, 2.24) is 10.2 Å². The molecule has 1 atom stereocenters. The number of benzene rings is 1. The summed E-state index contributed by atoms with van der Waals surface area (Å²) in [6.45, 7) is 5.13. The lowest BCUT2D eigenvalue weighted by molar-refractivity contribution is 0.0669. The van der Waals surface area contributed by atoms with Crippen molar-refractivity contribution in [1.29, 1.82) is 0 Å². The monoisotopic (exact) mass is 356 g/mol. The minimum Gasteiger partial charge on any atom is -0.378 e. The number of ether oxygens (including phenoxy) is 1. The van der Waals surface area contributed by atoms with Crippen molar-refractivity contribution in [2.24, 2.45) is 15.7 Å². The summed E-state index contributed by atoms with van der Waals surface area (Å²) in [5.74, 6) is 1.20. The molecule has 7 heteroatoms. The van der Waals surface area contributed by atoms with Gasteiger partial charge in [0.1, 0.15) is 0 Å². The van der Waals surface area contributed by atoms with Crippen molar-refractivity contribution in [3.05, 3.63) is 29.8 Å². The second kappa shape index (κ2) is 7.63. The van der Waals surface area contributed by atoms with Crippen molar-refractivity contribution in [3.8, 4) is 0 Å². The lowest BCUT2D eigenvalue weighted by atomic mass is 10.2. The molecule has 1 aliphatic carbocycles. The summed E-state index contributed by atoms with van der Waals surface area (Å²) < 4.78 is 5.52. The highest BCUT2D eigenvalue weighted by atomic mass is 16.5. The average Bonchev–Trinajstić information content (AvgIpc) is 3.16.